The van der Waals surface area contributed by atoms with E-state index in [9.17, 15) is 0 Å². The fraction of sp³-hybridized carbons (Fsp3) is 0.364. The van der Waals surface area contributed by atoms with Crippen molar-refractivity contribution in [2.75, 3.05) is 0 Å². The molecule has 0 saturated carbocycles. The third-order valence-corrected chi connectivity index (χ3v) is 2.35. The summed E-state index contributed by atoms with van der Waals surface area (Å²) in [6.45, 7) is 2.02. The second-order valence-electron chi connectivity index (χ2n) is 3.86. The largest absolute Gasteiger partial charge is 0.334 e. The lowest BCUT2D eigenvalue weighted by Crippen LogP contribution is -2.17. The molecule has 0 spiro atoms. The molecule has 2 rings (SSSR count). The first-order valence-electron chi connectivity index (χ1n) is 4.82. The molecule has 0 aliphatic heterocycles. The molecule has 0 aliphatic rings. The van der Waals surface area contributed by atoms with Crippen molar-refractivity contribution < 1.29 is 0 Å². The second-order valence-corrected chi connectivity index (χ2v) is 3.86. The van der Waals surface area contributed by atoms with E-state index in [1.807, 2.05) is 24.9 Å². The molecule has 2 aromatic rings. The molecule has 1 aromatic heterocycles. The average molecular weight is 189 g/mol. The van der Waals surface area contributed by atoms with Gasteiger partial charge in [-0.25, -0.2) is 4.98 Å². The Hall–Kier alpha value is -1.35. The van der Waals surface area contributed by atoms with Crippen molar-refractivity contribution in [3.8, 4) is 0 Å². The van der Waals surface area contributed by atoms with Gasteiger partial charge in [0.25, 0.3) is 0 Å². The van der Waals surface area contributed by atoms with Gasteiger partial charge < -0.3 is 10.3 Å². The molecule has 0 saturated heterocycles. The van der Waals surface area contributed by atoms with Gasteiger partial charge in [-0.3, -0.25) is 0 Å². The number of nitrogens with two attached hydrogens (primary N) is 1. The molecule has 3 nitrogen and oxygen atoms in total. The van der Waals surface area contributed by atoms with Crippen LogP contribution in [0.5, 0.6) is 0 Å². The number of aromatic nitrogens is 2. The monoisotopic (exact) mass is 189 g/mol. The molecule has 0 bridgehead atoms. The lowest BCUT2D eigenvalue weighted by atomic mass is 10.1. The van der Waals surface area contributed by atoms with E-state index in [1.165, 1.54) is 11.1 Å². The van der Waals surface area contributed by atoms with E-state index < -0.39 is 0 Å². The van der Waals surface area contributed by atoms with Crippen molar-refractivity contribution in [1.82, 2.24) is 9.55 Å². The highest BCUT2D eigenvalue weighted by atomic mass is 15.0. The molecule has 0 fully saturated rings. The predicted molar refractivity (Wildman–Crippen MR) is 58.1 cm³/mol. The van der Waals surface area contributed by atoms with Crippen LogP contribution in [0.1, 0.15) is 12.5 Å². The summed E-state index contributed by atoms with van der Waals surface area (Å²) in [6, 6.07) is 6.53. The Morgan fingerprint density at radius 2 is 2.29 bits per heavy atom. The highest BCUT2D eigenvalue weighted by Gasteiger charge is 2.02. The smallest absolute Gasteiger partial charge is 0.0955 e. The van der Waals surface area contributed by atoms with Gasteiger partial charge in [0.15, 0.2) is 0 Å². The van der Waals surface area contributed by atoms with E-state index in [-0.39, 0.29) is 6.04 Å². The first kappa shape index (κ1) is 9.21. The maximum absolute atomic E-state index is 5.75. The Bertz CT molecular complexity index is 443. The van der Waals surface area contributed by atoms with Crippen LogP contribution in [-0.4, -0.2) is 15.6 Å². The van der Waals surface area contributed by atoms with Crippen molar-refractivity contribution in [3.63, 3.8) is 0 Å². The molecule has 0 unspecified atom stereocenters. The van der Waals surface area contributed by atoms with Crippen LogP contribution in [0.2, 0.25) is 0 Å². The maximum atomic E-state index is 5.75. The van der Waals surface area contributed by atoms with Gasteiger partial charge in [-0.1, -0.05) is 6.07 Å². The number of nitrogens with zero attached hydrogens (tertiary/aromatic N) is 2. The Balaban J connectivity index is 2.42. The van der Waals surface area contributed by atoms with Crippen LogP contribution < -0.4 is 5.73 Å². The zero-order valence-corrected chi connectivity index (χ0v) is 8.57. The van der Waals surface area contributed by atoms with Crippen molar-refractivity contribution in [2.45, 2.75) is 19.4 Å². The number of hydrogen-bond acceptors (Lipinski definition) is 2. The van der Waals surface area contributed by atoms with Gasteiger partial charge in [-0.05, 0) is 31.0 Å². The molecule has 1 atom stereocenters. The number of fused-ring (bicyclic) bond motifs is 1. The fourth-order valence-corrected chi connectivity index (χ4v) is 1.68. The van der Waals surface area contributed by atoms with Gasteiger partial charge in [-0.15, -0.1) is 0 Å². The van der Waals surface area contributed by atoms with E-state index in [0.29, 0.717) is 0 Å². The number of aryl methyl sites for hydroxylation is 1. The minimum Gasteiger partial charge on any atom is -0.334 e. The van der Waals surface area contributed by atoms with Crippen molar-refractivity contribution in [3.05, 3.63) is 30.1 Å². The third-order valence-electron chi connectivity index (χ3n) is 2.35. The van der Waals surface area contributed by atoms with Crippen LogP contribution in [0.3, 0.4) is 0 Å². The van der Waals surface area contributed by atoms with Gasteiger partial charge in [0.2, 0.25) is 0 Å². The van der Waals surface area contributed by atoms with E-state index in [4.69, 9.17) is 5.73 Å². The highest BCUT2D eigenvalue weighted by Crippen LogP contribution is 2.14. The topological polar surface area (TPSA) is 43.8 Å². The number of imidazole rings is 1. The summed E-state index contributed by atoms with van der Waals surface area (Å²) < 4.78 is 2.02. The molecule has 0 radical (unpaired) electrons. The summed E-state index contributed by atoms with van der Waals surface area (Å²) in [5.41, 5.74) is 9.22. The summed E-state index contributed by atoms with van der Waals surface area (Å²) in [6.07, 6.45) is 2.74. The van der Waals surface area contributed by atoms with Crippen molar-refractivity contribution in [2.24, 2.45) is 12.8 Å². The quantitative estimate of drug-likeness (QED) is 0.777. The van der Waals surface area contributed by atoms with Crippen molar-refractivity contribution >= 4 is 11.0 Å². The van der Waals surface area contributed by atoms with Crippen LogP contribution in [0.15, 0.2) is 24.5 Å². The Morgan fingerprint density at radius 3 is 3.00 bits per heavy atom. The average Bonchev–Trinajstić information content (AvgIpc) is 2.46. The Labute approximate surface area is 83.6 Å². The molecule has 74 valence electrons. The van der Waals surface area contributed by atoms with Crippen LogP contribution in [0, 0.1) is 0 Å². The highest BCUT2D eigenvalue weighted by molar-refractivity contribution is 5.75. The molecule has 0 aliphatic carbocycles. The van der Waals surface area contributed by atoms with E-state index in [0.717, 1.165) is 11.9 Å². The maximum Gasteiger partial charge on any atom is 0.0955 e. The molecule has 0 amide bonds. The lowest BCUT2D eigenvalue weighted by molar-refractivity contribution is 0.738. The van der Waals surface area contributed by atoms with Gasteiger partial charge in [-0.2, -0.15) is 0 Å². The first-order valence-corrected chi connectivity index (χ1v) is 4.82. The zero-order chi connectivity index (χ0) is 10.1. The Morgan fingerprint density at radius 1 is 1.50 bits per heavy atom. The summed E-state index contributed by atoms with van der Waals surface area (Å²) in [4.78, 5) is 4.31. The van der Waals surface area contributed by atoms with Gasteiger partial charge in [0.1, 0.15) is 0 Å². The summed E-state index contributed by atoms with van der Waals surface area (Å²) in [5, 5.41) is 0. The summed E-state index contributed by atoms with van der Waals surface area (Å²) in [7, 11) is 2.00. The molecule has 14 heavy (non-hydrogen) atoms. The molecular weight excluding hydrogens is 174 g/mol. The van der Waals surface area contributed by atoms with Gasteiger partial charge in [0, 0.05) is 13.1 Å². The first-order chi connectivity index (χ1) is 6.66. The second kappa shape index (κ2) is 3.42. The summed E-state index contributed by atoms with van der Waals surface area (Å²) in [5.74, 6) is 0. The van der Waals surface area contributed by atoms with Crippen molar-refractivity contribution in [1.29, 1.82) is 0 Å². The third kappa shape index (κ3) is 1.63. The zero-order valence-electron chi connectivity index (χ0n) is 8.57. The Kier molecular flexibility index (Phi) is 2.25. The molecule has 1 heterocycles. The van der Waals surface area contributed by atoms with Crippen LogP contribution >= 0.6 is 0 Å². The van der Waals surface area contributed by atoms with Crippen LogP contribution in [0.4, 0.5) is 0 Å². The van der Waals surface area contributed by atoms with Crippen LogP contribution in [0.25, 0.3) is 11.0 Å². The number of benzene rings is 1. The standard InChI is InChI=1S/C11H15N3/c1-8(12)5-9-3-4-11-10(6-9)13-7-14(11)2/h3-4,6-8H,5,12H2,1-2H3/t8-/m1/s1. The summed E-state index contributed by atoms with van der Waals surface area (Å²) >= 11 is 0. The molecule has 3 heteroatoms. The minimum atomic E-state index is 0.205. The molecular formula is C11H15N3. The molecule has 1 aromatic carbocycles. The number of rotatable bonds is 2. The van der Waals surface area contributed by atoms with E-state index in [1.54, 1.807) is 0 Å². The lowest BCUT2D eigenvalue weighted by Gasteiger charge is -2.04. The van der Waals surface area contributed by atoms with Crippen LogP contribution in [-0.2, 0) is 13.5 Å². The minimum absolute atomic E-state index is 0.205. The SMILES string of the molecule is C[C@@H](N)Cc1ccc2c(c1)ncn2C. The normalized spacial score (nSPS) is 13.4. The van der Waals surface area contributed by atoms with Gasteiger partial charge >= 0.3 is 0 Å². The number of hydrogen-bond donors (Lipinski definition) is 1. The fourth-order valence-electron chi connectivity index (χ4n) is 1.68. The molecule has 2 N–H and O–H groups in total. The predicted octanol–water partition coefficient (Wildman–Crippen LogP) is 1.46. The van der Waals surface area contributed by atoms with E-state index in [2.05, 4.69) is 23.2 Å². The van der Waals surface area contributed by atoms with E-state index >= 15 is 0 Å². The van der Waals surface area contributed by atoms with Gasteiger partial charge in [0.05, 0.1) is 17.4 Å².